The van der Waals surface area contributed by atoms with Crippen molar-refractivity contribution in [3.8, 4) is 5.75 Å². The van der Waals surface area contributed by atoms with Crippen molar-refractivity contribution in [3.63, 3.8) is 0 Å². The van der Waals surface area contributed by atoms with Gasteiger partial charge in [0.15, 0.2) is 4.32 Å². The van der Waals surface area contributed by atoms with Crippen LogP contribution in [0.25, 0.3) is 16.8 Å². The quantitative estimate of drug-likeness (QED) is 0.501. The topological polar surface area (TPSA) is 58.6 Å². The third kappa shape index (κ3) is 3.74. The van der Waals surface area contributed by atoms with Crippen molar-refractivity contribution in [3.05, 3.63) is 82.8 Å². The molecule has 7 heteroatoms. The van der Waals surface area contributed by atoms with Crippen molar-refractivity contribution < 1.29 is 14.3 Å². The smallest absolute Gasteiger partial charge is 0.285 e. The fourth-order valence-corrected chi connectivity index (χ4v) is 4.23. The van der Waals surface area contributed by atoms with Gasteiger partial charge in [-0.2, -0.15) is 5.01 Å². The molecule has 0 bridgehead atoms. The minimum atomic E-state index is -0.391. The van der Waals surface area contributed by atoms with Gasteiger partial charge in [-0.25, -0.2) is 0 Å². The second-order valence-electron chi connectivity index (χ2n) is 6.23. The van der Waals surface area contributed by atoms with E-state index in [1.165, 1.54) is 0 Å². The summed E-state index contributed by atoms with van der Waals surface area (Å²) in [7, 11) is 1.63. The molecule has 0 aliphatic carbocycles. The van der Waals surface area contributed by atoms with Crippen molar-refractivity contribution in [2.45, 2.75) is 0 Å². The molecule has 1 saturated heterocycles. The zero-order chi connectivity index (χ0) is 20.4. The second-order valence-corrected chi connectivity index (χ2v) is 7.90. The second kappa shape index (κ2) is 8.06. The van der Waals surface area contributed by atoms with E-state index in [9.17, 15) is 9.59 Å². The number of methoxy groups -OCH3 is 1. The minimum Gasteiger partial charge on any atom is -0.496 e. The molecule has 0 unspecified atom stereocenters. The SMILES string of the molecule is COc1ccc(/C=C2/SC(=S)N(NC(=O)c3ccccc3)C2=O)c2ccccc12. The van der Waals surface area contributed by atoms with E-state index in [4.69, 9.17) is 17.0 Å². The normalized spacial score (nSPS) is 15.2. The highest BCUT2D eigenvalue weighted by atomic mass is 32.2. The molecule has 5 nitrogen and oxygen atoms in total. The Morgan fingerprint density at radius 2 is 1.72 bits per heavy atom. The Morgan fingerprint density at radius 3 is 2.45 bits per heavy atom. The summed E-state index contributed by atoms with van der Waals surface area (Å²) >= 11 is 6.46. The van der Waals surface area contributed by atoms with E-state index in [0.29, 0.717) is 10.5 Å². The maximum absolute atomic E-state index is 12.9. The zero-order valence-electron chi connectivity index (χ0n) is 15.4. The summed E-state index contributed by atoms with van der Waals surface area (Å²) < 4.78 is 5.71. The maximum Gasteiger partial charge on any atom is 0.285 e. The molecule has 3 aromatic carbocycles. The van der Waals surface area contributed by atoms with Crippen LogP contribution in [0.15, 0.2) is 71.6 Å². The first-order valence-corrected chi connectivity index (χ1v) is 10.0. The number of thiocarbonyl (C=S) groups is 1. The standard InChI is InChI=1S/C22H16N2O3S2/c1-27-18-12-11-15(16-9-5-6-10-17(16)18)13-19-21(26)24(22(28)29-19)23-20(25)14-7-3-2-4-8-14/h2-13H,1H3,(H,23,25)/b19-13+. The van der Waals surface area contributed by atoms with Crippen LogP contribution in [0.3, 0.4) is 0 Å². The Kier molecular flexibility index (Phi) is 5.33. The Bertz CT molecular complexity index is 1160. The first-order valence-electron chi connectivity index (χ1n) is 8.78. The molecule has 0 radical (unpaired) electrons. The molecule has 1 aliphatic heterocycles. The van der Waals surface area contributed by atoms with E-state index < -0.39 is 5.91 Å². The van der Waals surface area contributed by atoms with Gasteiger partial charge in [-0.05, 0) is 47.4 Å². The van der Waals surface area contributed by atoms with Gasteiger partial charge in [0.05, 0.1) is 12.0 Å². The lowest BCUT2D eigenvalue weighted by molar-refractivity contribution is -0.123. The van der Waals surface area contributed by atoms with Crippen molar-refractivity contribution in [2.24, 2.45) is 0 Å². The third-order valence-corrected chi connectivity index (χ3v) is 5.77. The highest BCUT2D eigenvalue weighted by molar-refractivity contribution is 8.26. The molecule has 1 heterocycles. The molecule has 1 N–H and O–H groups in total. The van der Waals surface area contributed by atoms with Gasteiger partial charge in [0.2, 0.25) is 0 Å². The number of fused-ring (bicyclic) bond motifs is 1. The number of ether oxygens (including phenoxy) is 1. The largest absolute Gasteiger partial charge is 0.496 e. The number of rotatable bonds is 4. The Hall–Kier alpha value is -3.16. The number of hydrogen-bond acceptors (Lipinski definition) is 5. The highest BCUT2D eigenvalue weighted by Gasteiger charge is 2.33. The number of carbonyl (C=O) groups excluding carboxylic acids is 2. The van der Waals surface area contributed by atoms with Gasteiger partial charge in [-0.3, -0.25) is 15.0 Å². The summed E-state index contributed by atoms with van der Waals surface area (Å²) in [5.74, 6) is 0.0163. The van der Waals surface area contributed by atoms with E-state index in [2.05, 4.69) is 5.43 Å². The van der Waals surface area contributed by atoms with E-state index in [1.807, 2.05) is 42.5 Å². The van der Waals surface area contributed by atoms with Crippen LogP contribution in [0.4, 0.5) is 0 Å². The number of hydrazine groups is 1. The summed E-state index contributed by atoms with van der Waals surface area (Å²) in [6, 6.07) is 20.3. The number of benzene rings is 3. The molecule has 1 fully saturated rings. The molecular formula is C22H16N2O3S2. The summed E-state index contributed by atoms with van der Waals surface area (Å²) in [4.78, 5) is 25.7. The summed E-state index contributed by atoms with van der Waals surface area (Å²) in [6.45, 7) is 0. The fraction of sp³-hybridized carbons (Fsp3) is 0.0455. The minimum absolute atomic E-state index is 0.281. The molecule has 2 amide bonds. The first kappa shape index (κ1) is 19.2. The molecule has 3 aromatic rings. The Balaban J connectivity index is 1.63. The monoisotopic (exact) mass is 420 g/mol. The van der Waals surface area contributed by atoms with Gasteiger partial charge >= 0.3 is 0 Å². The van der Waals surface area contributed by atoms with Gasteiger partial charge < -0.3 is 4.74 Å². The summed E-state index contributed by atoms with van der Waals surface area (Å²) in [5.41, 5.74) is 3.91. The first-order chi connectivity index (χ1) is 14.1. The number of amides is 2. The number of thioether (sulfide) groups is 1. The molecule has 0 spiro atoms. The van der Waals surface area contributed by atoms with Crippen LogP contribution in [0.5, 0.6) is 5.75 Å². The lowest BCUT2D eigenvalue weighted by Gasteiger charge is -2.15. The van der Waals surface area contributed by atoms with Crippen LogP contribution < -0.4 is 10.2 Å². The third-order valence-electron chi connectivity index (χ3n) is 4.47. The van der Waals surface area contributed by atoms with Crippen LogP contribution in [0, 0.1) is 0 Å². The fourth-order valence-electron chi connectivity index (χ4n) is 3.06. The molecular weight excluding hydrogens is 404 g/mol. The van der Waals surface area contributed by atoms with Gasteiger partial charge in [-0.15, -0.1) is 0 Å². The molecule has 4 rings (SSSR count). The number of nitrogens with zero attached hydrogens (tertiary/aromatic N) is 1. The van der Waals surface area contributed by atoms with Gasteiger partial charge in [0.1, 0.15) is 5.75 Å². The Labute approximate surface area is 177 Å². The van der Waals surface area contributed by atoms with Crippen molar-refractivity contribution in [2.75, 3.05) is 7.11 Å². The van der Waals surface area contributed by atoms with Crippen LogP contribution in [0.1, 0.15) is 15.9 Å². The van der Waals surface area contributed by atoms with Crippen LogP contribution >= 0.6 is 24.0 Å². The zero-order valence-corrected chi connectivity index (χ0v) is 17.0. The van der Waals surface area contributed by atoms with E-state index in [0.717, 1.165) is 38.9 Å². The van der Waals surface area contributed by atoms with Gasteiger partial charge in [0, 0.05) is 10.9 Å². The van der Waals surface area contributed by atoms with Crippen LogP contribution in [-0.2, 0) is 4.79 Å². The van der Waals surface area contributed by atoms with Crippen LogP contribution in [0.2, 0.25) is 0 Å². The van der Waals surface area contributed by atoms with E-state index in [-0.39, 0.29) is 10.2 Å². The molecule has 0 aromatic heterocycles. The maximum atomic E-state index is 12.9. The number of hydrogen-bond donors (Lipinski definition) is 1. The predicted octanol–water partition coefficient (Wildman–Crippen LogP) is 4.39. The van der Waals surface area contributed by atoms with Crippen molar-refractivity contribution in [1.29, 1.82) is 0 Å². The van der Waals surface area contributed by atoms with Crippen molar-refractivity contribution in [1.82, 2.24) is 10.4 Å². The molecule has 144 valence electrons. The Morgan fingerprint density at radius 1 is 1.03 bits per heavy atom. The molecule has 29 heavy (non-hydrogen) atoms. The van der Waals surface area contributed by atoms with Gasteiger partial charge in [-0.1, -0.05) is 60.3 Å². The van der Waals surface area contributed by atoms with E-state index >= 15 is 0 Å². The summed E-state index contributed by atoms with van der Waals surface area (Å²) in [6.07, 6.45) is 1.79. The number of carbonyl (C=O) groups is 2. The summed E-state index contributed by atoms with van der Waals surface area (Å²) in [5, 5.41) is 3.04. The molecule has 0 atom stereocenters. The van der Waals surface area contributed by atoms with Crippen LogP contribution in [-0.4, -0.2) is 28.3 Å². The molecule has 0 saturated carbocycles. The predicted molar refractivity (Wildman–Crippen MR) is 119 cm³/mol. The molecule has 1 aliphatic rings. The lowest BCUT2D eigenvalue weighted by atomic mass is 10.0. The number of nitrogens with one attached hydrogen (secondary N) is 1. The average Bonchev–Trinajstić information content (AvgIpc) is 3.02. The van der Waals surface area contributed by atoms with Gasteiger partial charge in [0.25, 0.3) is 11.8 Å². The van der Waals surface area contributed by atoms with Crippen molar-refractivity contribution >= 4 is 57.0 Å². The average molecular weight is 421 g/mol. The highest BCUT2D eigenvalue weighted by Crippen LogP contribution is 2.35. The lowest BCUT2D eigenvalue weighted by Crippen LogP contribution is -2.44. The van der Waals surface area contributed by atoms with E-state index in [1.54, 1.807) is 37.5 Å².